The summed E-state index contributed by atoms with van der Waals surface area (Å²) >= 11 is 1.30. The molecule has 0 spiro atoms. The van der Waals surface area contributed by atoms with Gasteiger partial charge in [0.15, 0.2) is 5.01 Å². The molecule has 4 aromatic rings. The molecule has 0 radical (unpaired) electrons. The molecule has 0 aliphatic carbocycles. The quantitative estimate of drug-likeness (QED) is 0.443. The van der Waals surface area contributed by atoms with Gasteiger partial charge in [-0.1, -0.05) is 17.3 Å². The van der Waals surface area contributed by atoms with Crippen LogP contribution in [-0.2, 0) is 4.74 Å². The normalized spacial score (nSPS) is 14.1. The largest absolute Gasteiger partial charge is 0.377 e. The van der Waals surface area contributed by atoms with E-state index < -0.39 is 0 Å². The predicted molar refractivity (Wildman–Crippen MR) is 106 cm³/mol. The number of nitrogens with one attached hydrogen (secondary N) is 2. The molecule has 1 aliphatic heterocycles. The Bertz CT molecular complexity index is 1130. The third-order valence-electron chi connectivity index (χ3n) is 4.56. The molecule has 1 saturated heterocycles. The van der Waals surface area contributed by atoms with E-state index in [4.69, 9.17) is 9.26 Å². The molecule has 1 fully saturated rings. The van der Waals surface area contributed by atoms with E-state index in [1.54, 1.807) is 11.6 Å². The number of rotatable bonds is 7. The maximum absolute atomic E-state index is 11.8. The van der Waals surface area contributed by atoms with Crippen molar-refractivity contribution in [3.8, 4) is 11.4 Å². The summed E-state index contributed by atoms with van der Waals surface area (Å²) in [7, 11) is 0. The van der Waals surface area contributed by atoms with Gasteiger partial charge in [0.05, 0.1) is 31.0 Å². The summed E-state index contributed by atoms with van der Waals surface area (Å²) < 4.78 is 12.5. The molecular formula is C18H17N7O3S. The van der Waals surface area contributed by atoms with E-state index in [1.807, 2.05) is 29.1 Å². The van der Waals surface area contributed by atoms with Crippen molar-refractivity contribution >= 4 is 34.2 Å². The number of hydrogen-bond acceptors (Lipinski definition) is 9. The molecule has 10 nitrogen and oxygen atoms in total. The van der Waals surface area contributed by atoms with Crippen molar-refractivity contribution in [1.82, 2.24) is 30.2 Å². The van der Waals surface area contributed by atoms with Crippen LogP contribution >= 0.6 is 11.3 Å². The highest BCUT2D eigenvalue weighted by Crippen LogP contribution is 2.27. The Morgan fingerprint density at radius 2 is 2.24 bits per heavy atom. The fraction of sp³-hybridized carbons (Fsp3) is 0.278. The third kappa shape index (κ3) is 3.57. The number of amides is 1. The molecule has 0 atom stereocenters. The number of hydrogen-bond donors (Lipinski definition) is 2. The first kappa shape index (κ1) is 17.8. The van der Waals surface area contributed by atoms with Crippen molar-refractivity contribution in [3.63, 3.8) is 0 Å². The highest BCUT2D eigenvalue weighted by atomic mass is 32.1. The van der Waals surface area contributed by atoms with E-state index in [0.29, 0.717) is 43.1 Å². The second kappa shape index (κ2) is 7.60. The monoisotopic (exact) mass is 411 g/mol. The van der Waals surface area contributed by atoms with Gasteiger partial charge in [0.2, 0.25) is 5.82 Å². The standard InChI is InChI=1S/C18H17N7O3S/c26-16(17-20-5-6-29-17)19-3-4-21-18-23-15(24-28-18)11-1-2-12-8-22-25(14(12)7-11)13-9-27-10-13/h1-2,5-8,13H,3-4,9-10H2,(H,19,26)(H,21,23,24). The Kier molecular flexibility index (Phi) is 4.66. The fourth-order valence-corrected chi connectivity index (χ4v) is 3.55. The minimum atomic E-state index is -0.199. The van der Waals surface area contributed by atoms with Crippen LogP contribution in [0.4, 0.5) is 6.01 Å². The highest BCUT2D eigenvalue weighted by Gasteiger charge is 2.23. The summed E-state index contributed by atoms with van der Waals surface area (Å²) in [5.74, 6) is 0.286. The van der Waals surface area contributed by atoms with Gasteiger partial charge in [-0.05, 0) is 6.07 Å². The molecule has 11 heteroatoms. The van der Waals surface area contributed by atoms with Crippen molar-refractivity contribution in [2.24, 2.45) is 0 Å². The molecule has 0 saturated carbocycles. The van der Waals surface area contributed by atoms with E-state index in [9.17, 15) is 4.79 Å². The minimum Gasteiger partial charge on any atom is -0.377 e. The fourth-order valence-electron chi connectivity index (χ4n) is 3.00. The molecule has 5 rings (SSSR count). The van der Waals surface area contributed by atoms with Gasteiger partial charge in [-0.3, -0.25) is 9.48 Å². The van der Waals surface area contributed by atoms with Crippen molar-refractivity contribution in [3.05, 3.63) is 41.0 Å². The third-order valence-corrected chi connectivity index (χ3v) is 5.33. The van der Waals surface area contributed by atoms with Crippen LogP contribution in [0.5, 0.6) is 0 Å². The summed E-state index contributed by atoms with van der Waals surface area (Å²) in [6.07, 6.45) is 3.45. The number of fused-ring (bicyclic) bond motifs is 1. The van der Waals surface area contributed by atoms with Crippen LogP contribution in [-0.4, -0.2) is 57.1 Å². The molecule has 0 unspecified atom stereocenters. The summed E-state index contributed by atoms with van der Waals surface area (Å²) in [5, 5.41) is 17.5. The van der Waals surface area contributed by atoms with Gasteiger partial charge in [0, 0.05) is 35.6 Å². The zero-order chi connectivity index (χ0) is 19.6. The Hall–Kier alpha value is -3.31. The van der Waals surface area contributed by atoms with Crippen LogP contribution in [0.2, 0.25) is 0 Å². The van der Waals surface area contributed by atoms with Gasteiger partial charge in [-0.2, -0.15) is 10.1 Å². The van der Waals surface area contributed by atoms with Crippen LogP contribution in [0.25, 0.3) is 22.3 Å². The summed E-state index contributed by atoms with van der Waals surface area (Å²) in [6.45, 7) is 2.21. The number of carbonyl (C=O) groups excluding carboxylic acids is 1. The molecule has 1 aliphatic rings. The van der Waals surface area contributed by atoms with Crippen LogP contribution in [0.15, 0.2) is 40.5 Å². The lowest BCUT2D eigenvalue weighted by Crippen LogP contribution is -2.31. The zero-order valence-corrected chi connectivity index (χ0v) is 16.1. The van der Waals surface area contributed by atoms with E-state index in [-0.39, 0.29) is 11.9 Å². The predicted octanol–water partition coefficient (Wildman–Crippen LogP) is 1.96. The number of anilines is 1. The molecule has 2 N–H and O–H groups in total. The van der Waals surface area contributed by atoms with Gasteiger partial charge in [0.1, 0.15) is 0 Å². The minimum absolute atomic E-state index is 0.199. The van der Waals surface area contributed by atoms with Gasteiger partial charge in [-0.15, -0.1) is 11.3 Å². The Morgan fingerprint density at radius 3 is 3.03 bits per heavy atom. The number of carbonyl (C=O) groups is 1. The number of thiazole rings is 1. The number of nitrogens with zero attached hydrogens (tertiary/aromatic N) is 5. The number of benzene rings is 1. The van der Waals surface area contributed by atoms with E-state index in [0.717, 1.165) is 16.5 Å². The summed E-state index contributed by atoms with van der Waals surface area (Å²) in [5.41, 5.74) is 1.85. The molecule has 3 aromatic heterocycles. The Labute approximate surface area is 168 Å². The van der Waals surface area contributed by atoms with Crippen molar-refractivity contribution < 1.29 is 14.1 Å². The topological polar surface area (TPSA) is 120 Å². The molecule has 29 heavy (non-hydrogen) atoms. The van der Waals surface area contributed by atoms with Crippen molar-refractivity contribution in [1.29, 1.82) is 0 Å². The number of aromatic nitrogens is 5. The van der Waals surface area contributed by atoms with Crippen LogP contribution < -0.4 is 10.6 Å². The molecule has 0 bridgehead atoms. The van der Waals surface area contributed by atoms with E-state index in [1.165, 1.54) is 11.3 Å². The van der Waals surface area contributed by atoms with Crippen molar-refractivity contribution in [2.45, 2.75) is 6.04 Å². The summed E-state index contributed by atoms with van der Waals surface area (Å²) in [6, 6.07) is 6.50. The molecule has 1 amide bonds. The lowest BCUT2D eigenvalue weighted by molar-refractivity contribution is -0.0266. The second-order valence-corrected chi connectivity index (χ2v) is 7.39. The first-order valence-electron chi connectivity index (χ1n) is 9.08. The van der Waals surface area contributed by atoms with Gasteiger partial charge < -0.3 is 19.9 Å². The van der Waals surface area contributed by atoms with E-state index in [2.05, 4.69) is 30.9 Å². The zero-order valence-electron chi connectivity index (χ0n) is 15.2. The van der Waals surface area contributed by atoms with Crippen LogP contribution in [0.3, 0.4) is 0 Å². The lowest BCUT2D eigenvalue weighted by Gasteiger charge is -2.26. The highest BCUT2D eigenvalue weighted by molar-refractivity contribution is 7.11. The molecule has 4 heterocycles. The Morgan fingerprint density at radius 1 is 1.31 bits per heavy atom. The lowest BCUT2D eigenvalue weighted by atomic mass is 10.1. The first-order chi connectivity index (χ1) is 14.3. The van der Waals surface area contributed by atoms with Crippen LogP contribution in [0, 0.1) is 0 Å². The smallest absolute Gasteiger partial charge is 0.321 e. The first-order valence-corrected chi connectivity index (χ1v) is 9.96. The maximum Gasteiger partial charge on any atom is 0.321 e. The number of ether oxygens (including phenoxy) is 1. The molecule has 148 valence electrons. The second-order valence-electron chi connectivity index (χ2n) is 6.50. The average Bonchev–Trinajstić information content (AvgIpc) is 3.44. The summed E-state index contributed by atoms with van der Waals surface area (Å²) in [4.78, 5) is 20.2. The van der Waals surface area contributed by atoms with Crippen LogP contribution in [0.1, 0.15) is 15.8 Å². The van der Waals surface area contributed by atoms with Gasteiger partial charge in [0.25, 0.3) is 5.91 Å². The van der Waals surface area contributed by atoms with Crippen molar-refractivity contribution in [2.75, 3.05) is 31.6 Å². The molecule has 1 aromatic carbocycles. The Balaban J connectivity index is 1.22. The maximum atomic E-state index is 11.8. The molecular weight excluding hydrogens is 394 g/mol. The van der Waals surface area contributed by atoms with Gasteiger partial charge >= 0.3 is 6.01 Å². The van der Waals surface area contributed by atoms with E-state index >= 15 is 0 Å². The van der Waals surface area contributed by atoms with Gasteiger partial charge in [-0.25, -0.2) is 4.98 Å². The SMILES string of the molecule is O=C(NCCNc1nc(-c2ccc3cnn(C4COC4)c3c2)no1)c1nccs1. The average molecular weight is 411 g/mol.